The van der Waals surface area contributed by atoms with Gasteiger partial charge in [-0.1, -0.05) is 0 Å². The lowest BCUT2D eigenvalue weighted by atomic mass is 10.1. The first-order valence-electron chi connectivity index (χ1n) is 10.6. The van der Waals surface area contributed by atoms with Crippen LogP contribution in [0.25, 0.3) is 0 Å². The number of fused-ring (bicyclic) bond motifs is 3. The molecule has 3 heterocycles. The van der Waals surface area contributed by atoms with Crippen molar-refractivity contribution in [1.29, 1.82) is 0 Å². The van der Waals surface area contributed by atoms with E-state index < -0.39 is 12.2 Å². The number of rotatable bonds is 6. The first-order chi connectivity index (χ1) is 15.0. The number of anilines is 1. The second-order valence-corrected chi connectivity index (χ2v) is 7.86. The van der Waals surface area contributed by atoms with Gasteiger partial charge in [-0.3, -0.25) is 19.9 Å². The lowest BCUT2D eigenvalue weighted by molar-refractivity contribution is -0.139. The Hall–Kier alpha value is -2.69. The maximum absolute atomic E-state index is 13.2. The van der Waals surface area contributed by atoms with Crippen LogP contribution in [0.3, 0.4) is 0 Å². The highest BCUT2D eigenvalue weighted by molar-refractivity contribution is 6.00. The maximum atomic E-state index is 13.2. The average molecular weight is 431 g/mol. The Labute approximate surface area is 181 Å². The number of carbonyl (C=O) groups excluding carboxylic acids is 3. The van der Waals surface area contributed by atoms with Crippen molar-refractivity contribution in [1.82, 2.24) is 20.0 Å². The van der Waals surface area contributed by atoms with Gasteiger partial charge in [0.15, 0.2) is 0 Å². The molecule has 10 heteroatoms. The number of amides is 3. The van der Waals surface area contributed by atoms with E-state index in [2.05, 4.69) is 15.1 Å². The van der Waals surface area contributed by atoms with E-state index in [1.807, 2.05) is 12.1 Å². The van der Waals surface area contributed by atoms with Crippen molar-refractivity contribution in [2.45, 2.75) is 31.8 Å². The summed E-state index contributed by atoms with van der Waals surface area (Å²) >= 11 is 0. The zero-order chi connectivity index (χ0) is 22.1. The molecule has 0 aliphatic carbocycles. The highest BCUT2D eigenvalue weighted by Gasteiger charge is 2.55. The smallest absolute Gasteiger partial charge is 0.338 e. The molecule has 10 nitrogen and oxygen atoms in total. The van der Waals surface area contributed by atoms with Crippen molar-refractivity contribution in [3.63, 3.8) is 0 Å². The van der Waals surface area contributed by atoms with Gasteiger partial charge in [0.05, 0.1) is 25.3 Å². The summed E-state index contributed by atoms with van der Waals surface area (Å²) in [5.41, 5.74) is 1.44. The predicted octanol–water partition coefficient (Wildman–Crippen LogP) is 0.497. The number of benzene rings is 1. The average Bonchev–Trinajstić information content (AvgIpc) is 3.18. The van der Waals surface area contributed by atoms with Gasteiger partial charge in [-0.15, -0.1) is 0 Å². The first-order valence-corrected chi connectivity index (χ1v) is 10.6. The molecule has 168 valence electrons. The number of carbonyl (C=O) groups is 3. The number of ether oxygens (including phenoxy) is 2. The molecule has 0 bridgehead atoms. The van der Waals surface area contributed by atoms with Gasteiger partial charge in [-0.05, 0) is 37.6 Å². The zero-order valence-corrected chi connectivity index (χ0v) is 18.1. The number of hydrogen-bond donors (Lipinski definition) is 1. The number of urea groups is 1. The zero-order valence-electron chi connectivity index (χ0n) is 18.1. The largest absolute Gasteiger partial charge is 0.462 e. The van der Waals surface area contributed by atoms with Crippen LogP contribution in [0.2, 0.25) is 0 Å². The fourth-order valence-electron chi connectivity index (χ4n) is 4.58. The fraction of sp³-hybridized carbons (Fsp3) is 0.571. The van der Waals surface area contributed by atoms with E-state index in [0.29, 0.717) is 18.8 Å². The van der Waals surface area contributed by atoms with Crippen LogP contribution in [-0.4, -0.2) is 98.1 Å². The molecule has 3 fully saturated rings. The summed E-state index contributed by atoms with van der Waals surface area (Å²) in [5, 5.41) is 3.47. The van der Waals surface area contributed by atoms with E-state index in [9.17, 15) is 14.4 Å². The first kappa shape index (κ1) is 21.5. The number of nitrogens with zero attached hydrogens (tertiary/aromatic N) is 4. The molecule has 3 atom stereocenters. The highest BCUT2D eigenvalue weighted by atomic mass is 16.5. The summed E-state index contributed by atoms with van der Waals surface area (Å²) in [7, 11) is 3.27. The van der Waals surface area contributed by atoms with Gasteiger partial charge in [-0.25, -0.2) is 9.59 Å². The molecule has 0 aromatic heterocycles. The number of esters is 1. The molecular weight excluding hydrogens is 402 g/mol. The van der Waals surface area contributed by atoms with Crippen molar-refractivity contribution in [2.75, 3.05) is 51.9 Å². The van der Waals surface area contributed by atoms with Crippen LogP contribution >= 0.6 is 0 Å². The number of nitrogens with one attached hydrogen (secondary N) is 1. The van der Waals surface area contributed by atoms with Crippen LogP contribution in [0, 0.1) is 0 Å². The molecule has 3 aliphatic heterocycles. The van der Waals surface area contributed by atoms with Gasteiger partial charge < -0.3 is 19.3 Å². The van der Waals surface area contributed by atoms with Crippen LogP contribution < -0.4 is 10.2 Å². The molecule has 4 rings (SSSR count). The van der Waals surface area contributed by atoms with Crippen molar-refractivity contribution < 1.29 is 23.9 Å². The molecule has 31 heavy (non-hydrogen) atoms. The van der Waals surface area contributed by atoms with E-state index in [1.165, 1.54) is 4.90 Å². The van der Waals surface area contributed by atoms with Crippen molar-refractivity contribution in [3.05, 3.63) is 29.8 Å². The lowest BCUT2D eigenvalue weighted by Gasteiger charge is -2.43. The predicted molar refractivity (Wildman–Crippen MR) is 112 cm³/mol. The van der Waals surface area contributed by atoms with Crippen molar-refractivity contribution in [2.24, 2.45) is 0 Å². The topological polar surface area (TPSA) is 94.7 Å². The number of methoxy groups -OCH3 is 1. The minimum absolute atomic E-state index is 0.195. The van der Waals surface area contributed by atoms with Gasteiger partial charge in [-0.2, -0.15) is 0 Å². The quantitative estimate of drug-likeness (QED) is 0.651. The lowest BCUT2D eigenvalue weighted by Crippen LogP contribution is -2.66. The van der Waals surface area contributed by atoms with E-state index in [0.717, 1.165) is 25.2 Å². The SMILES string of the molecule is CCOC(=O)c1ccc(N2CCCN3C4C(=O)N(CCOC)C(=O)N(C)C4NC23)cc1. The molecule has 3 unspecified atom stereocenters. The van der Waals surface area contributed by atoms with E-state index in [4.69, 9.17) is 9.47 Å². The summed E-state index contributed by atoms with van der Waals surface area (Å²) in [4.78, 5) is 45.1. The second kappa shape index (κ2) is 8.81. The van der Waals surface area contributed by atoms with Gasteiger partial charge in [0.25, 0.3) is 5.91 Å². The number of likely N-dealkylation sites (N-methyl/N-ethyl adjacent to an activating group) is 1. The van der Waals surface area contributed by atoms with Gasteiger partial charge in [0.1, 0.15) is 18.5 Å². The minimum atomic E-state index is -0.453. The van der Waals surface area contributed by atoms with Gasteiger partial charge in [0.2, 0.25) is 0 Å². The van der Waals surface area contributed by atoms with E-state index >= 15 is 0 Å². The molecule has 0 saturated carbocycles. The summed E-state index contributed by atoms with van der Waals surface area (Å²) in [6.45, 7) is 4.20. The normalized spacial score (nSPS) is 26.2. The Balaban J connectivity index is 1.56. The number of hydrogen-bond acceptors (Lipinski definition) is 8. The monoisotopic (exact) mass is 431 g/mol. The minimum Gasteiger partial charge on any atom is -0.462 e. The summed E-state index contributed by atoms with van der Waals surface area (Å²) in [5.74, 6) is -0.541. The van der Waals surface area contributed by atoms with Crippen molar-refractivity contribution >= 4 is 23.6 Å². The molecule has 3 saturated heterocycles. The Morgan fingerprint density at radius 1 is 1.19 bits per heavy atom. The summed E-state index contributed by atoms with van der Waals surface area (Å²) in [6, 6.07) is 6.51. The van der Waals surface area contributed by atoms with Crippen LogP contribution in [0.15, 0.2) is 24.3 Å². The maximum Gasteiger partial charge on any atom is 0.338 e. The molecule has 1 N–H and O–H groups in total. The molecule has 3 aliphatic rings. The van der Waals surface area contributed by atoms with Crippen LogP contribution in [0.5, 0.6) is 0 Å². The van der Waals surface area contributed by atoms with E-state index in [1.54, 1.807) is 38.1 Å². The van der Waals surface area contributed by atoms with Gasteiger partial charge >= 0.3 is 12.0 Å². The Bertz CT molecular complexity index is 847. The highest BCUT2D eigenvalue weighted by Crippen LogP contribution is 2.33. The molecule has 0 spiro atoms. The van der Waals surface area contributed by atoms with Crippen LogP contribution in [0.1, 0.15) is 23.7 Å². The Kier molecular flexibility index (Phi) is 6.12. The third-order valence-corrected chi connectivity index (χ3v) is 6.10. The molecule has 3 amide bonds. The molecular formula is C21H29N5O5. The summed E-state index contributed by atoms with van der Waals surface area (Å²) < 4.78 is 10.1. The van der Waals surface area contributed by atoms with Crippen molar-refractivity contribution in [3.8, 4) is 0 Å². The summed E-state index contributed by atoms with van der Waals surface area (Å²) in [6.07, 6.45) is 0.256. The Morgan fingerprint density at radius 3 is 2.61 bits per heavy atom. The standard InChI is InChI=1S/C21H29N5O5/c1-4-31-19(28)14-6-8-15(9-7-14)24-10-5-11-25-16-17(22-20(24)25)23(2)21(29)26(18(16)27)12-13-30-3/h6-9,16-17,20,22H,4-5,10-13H2,1-3H3. The fourth-order valence-corrected chi connectivity index (χ4v) is 4.58. The van der Waals surface area contributed by atoms with Crippen LogP contribution in [-0.2, 0) is 14.3 Å². The third kappa shape index (κ3) is 3.75. The second-order valence-electron chi connectivity index (χ2n) is 7.86. The molecule has 1 aromatic carbocycles. The molecule has 0 radical (unpaired) electrons. The third-order valence-electron chi connectivity index (χ3n) is 6.10. The van der Waals surface area contributed by atoms with E-state index in [-0.39, 0.29) is 30.7 Å². The molecule has 1 aromatic rings. The Morgan fingerprint density at radius 2 is 1.94 bits per heavy atom. The number of imide groups is 1. The van der Waals surface area contributed by atoms with Crippen LogP contribution in [0.4, 0.5) is 10.5 Å². The van der Waals surface area contributed by atoms with Gasteiger partial charge in [0, 0.05) is 32.9 Å².